The van der Waals surface area contributed by atoms with Crippen LogP contribution in [0.25, 0.3) is 0 Å². The summed E-state index contributed by atoms with van der Waals surface area (Å²) in [6.07, 6.45) is 0. The van der Waals surface area contributed by atoms with Crippen molar-refractivity contribution >= 4 is 27.5 Å². The third kappa shape index (κ3) is 3.11. The van der Waals surface area contributed by atoms with Gasteiger partial charge in [0, 0.05) is 17.7 Å². The van der Waals surface area contributed by atoms with E-state index in [9.17, 15) is 8.78 Å². The lowest BCUT2D eigenvalue weighted by Gasteiger charge is -2.15. The van der Waals surface area contributed by atoms with Crippen molar-refractivity contribution in [3.05, 3.63) is 57.0 Å². The quantitative estimate of drug-likeness (QED) is 0.762. The van der Waals surface area contributed by atoms with Gasteiger partial charge in [-0.1, -0.05) is 17.7 Å². The van der Waals surface area contributed by atoms with Gasteiger partial charge < -0.3 is 10.5 Å². The van der Waals surface area contributed by atoms with E-state index in [4.69, 9.17) is 22.1 Å². The standard InChI is InChI=1S/C14H11BrClF2NO/c1-7(19)14-10(17)3-2-4-12(14)20-13-6-11(18)9(16)5-8(13)15/h2-7H,19H2,1H3. The van der Waals surface area contributed by atoms with Gasteiger partial charge in [0.1, 0.15) is 23.1 Å². The monoisotopic (exact) mass is 361 g/mol. The van der Waals surface area contributed by atoms with E-state index in [2.05, 4.69) is 15.9 Å². The van der Waals surface area contributed by atoms with Crippen LogP contribution >= 0.6 is 27.5 Å². The van der Waals surface area contributed by atoms with Crippen molar-refractivity contribution in [2.24, 2.45) is 5.73 Å². The fraction of sp³-hybridized carbons (Fsp3) is 0.143. The Bertz CT molecular complexity index is 649. The van der Waals surface area contributed by atoms with Gasteiger partial charge in [0.2, 0.25) is 0 Å². The average Bonchev–Trinajstić information content (AvgIpc) is 2.35. The molecule has 0 saturated carbocycles. The fourth-order valence-electron chi connectivity index (χ4n) is 1.75. The lowest BCUT2D eigenvalue weighted by Crippen LogP contribution is -2.09. The Morgan fingerprint density at radius 1 is 1.20 bits per heavy atom. The number of halogens is 4. The number of rotatable bonds is 3. The van der Waals surface area contributed by atoms with Gasteiger partial charge >= 0.3 is 0 Å². The van der Waals surface area contributed by atoms with E-state index < -0.39 is 17.7 Å². The molecular weight excluding hydrogens is 352 g/mol. The first-order chi connectivity index (χ1) is 9.40. The third-order valence-electron chi connectivity index (χ3n) is 2.66. The summed E-state index contributed by atoms with van der Waals surface area (Å²) in [5.74, 6) is -0.659. The van der Waals surface area contributed by atoms with Crippen molar-refractivity contribution in [1.82, 2.24) is 0 Å². The molecule has 2 aromatic carbocycles. The smallest absolute Gasteiger partial charge is 0.145 e. The van der Waals surface area contributed by atoms with Crippen LogP contribution in [0.4, 0.5) is 8.78 Å². The highest BCUT2D eigenvalue weighted by Gasteiger charge is 2.16. The summed E-state index contributed by atoms with van der Waals surface area (Å²) in [6, 6.07) is 6.31. The van der Waals surface area contributed by atoms with Crippen LogP contribution in [0.1, 0.15) is 18.5 Å². The van der Waals surface area contributed by atoms with E-state index in [1.54, 1.807) is 13.0 Å². The zero-order chi connectivity index (χ0) is 14.9. The first-order valence-corrected chi connectivity index (χ1v) is 6.93. The molecule has 106 valence electrons. The van der Waals surface area contributed by atoms with E-state index in [0.29, 0.717) is 4.47 Å². The molecule has 1 unspecified atom stereocenters. The zero-order valence-electron chi connectivity index (χ0n) is 10.5. The van der Waals surface area contributed by atoms with Gasteiger partial charge in [-0.2, -0.15) is 0 Å². The Hall–Kier alpha value is -1.17. The van der Waals surface area contributed by atoms with E-state index >= 15 is 0 Å². The Balaban J connectivity index is 2.45. The van der Waals surface area contributed by atoms with Crippen molar-refractivity contribution in [3.8, 4) is 11.5 Å². The molecular formula is C14H11BrClF2NO. The van der Waals surface area contributed by atoms with Gasteiger partial charge in [-0.15, -0.1) is 0 Å². The van der Waals surface area contributed by atoms with Crippen LogP contribution in [0, 0.1) is 11.6 Å². The van der Waals surface area contributed by atoms with Crippen molar-refractivity contribution < 1.29 is 13.5 Å². The maximum absolute atomic E-state index is 13.8. The lowest BCUT2D eigenvalue weighted by molar-refractivity contribution is 0.454. The molecule has 0 radical (unpaired) electrons. The number of benzene rings is 2. The molecule has 0 aromatic heterocycles. The zero-order valence-corrected chi connectivity index (χ0v) is 12.8. The first-order valence-electron chi connectivity index (χ1n) is 5.76. The number of nitrogens with two attached hydrogens (primary N) is 1. The number of hydrogen-bond donors (Lipinski definition) is 1. The van der Waals surface area contributed by atoms with Crippen LogP contribution in [0.2, 0.25) is 5.02 Å². The summed E-state index contributed by atoms with van der Waals surface area (Å²) in [4.78, 5) is 0. The molecule has 2 rings (SSSR count). The van der Waals surface area contributed by atoms with E-state index in [-0.39, 0.29) is 22.1 Å². The second-order valence-electron chi connectivity index (χ2n) is 4.24. The molecule has 0 aliphatic heterocycles. The molecule has 0 bridgehead atoms. The molecule has 2 aromatic rings. The normalized spacial score (nSPS) is 12.3. The highest BCUT2D eigenvalue weighted by Crippen LogP contribution is 2.36. The van der Waals surface area contributed by atoms with Gasteiger partial charge in [-0.25, -0.2) is 8.78 Å². The van der Waals surface area contributed by atoms with Crippen LogP contribution in [0.15, 0.2) is 34.8 Å². The topological polar surface area (TPSA) is 35.2 Å². The van der Waals surface area contributed by atoms with Crippen molar-refractivity contribution in [3.63, 3.8) is 0 Å². The molecule has 0 heterocycles. The summed E-state index contributed by atoms with van der Waals surface area (Å²) in [7, 11) is 0. The van der Waals surface area contributed by atoms with Gasteiger partial charge in [-0.3, -0.25) is 0 Å². The molecule has 0 aliphatic rings. The van der Waals surface area contributed by atoms with Crippen molar-refractivity contribution in [1.29, 1.82) is 0 Å². The van der Waals surface area contributed by atoms with E-state index in [0.717, 1.165) is 6.07 Å². The molecule has 0 aliphatic carbocycles. The largest absolute Gasteiger partial charge is 0.456 e. The lowest BCUT2D eigenvalue weighted by atomic mass is 10.1. The molecule has 0 amide bonds. The second-order valence-corrected chi connectivity index (χ2v) is 5.50. The maximum atomic E-state index is 13.8. The highest BCUT2D eigenvalue weighted by atomic mass is 79.9. The number of ether oxygens (including phenoxy) is 1. The minimum Gasteiger partial charge on any atom is -0.456 e. The summed E-state index contributed by atoms with van der Waals surface area (Å²) in [5.41, 5.74) is 5.97. The Morgan fingerprint density at radius 2 is 1.90 bits per heavy atom. The van der Waals surface area contributed by atoms with Crippen LogP contribution in [0.3, 0.4) is 0 Å². The minimum absolute atomic E-state index is 0.0316. The highest BCUT2D eigenvalue weighted by molar-refractivity contribution is 9.10. The van der Waals surface area contributed by atoms with E-state index in [1.807, 2.05) is 0 Å². The molecule has 0 saturated heterocycles. The molecule has 2 N–H and O–H groups in total. The minimum atomic E-state index is -0.622. The van der Waals surface area contributed by atoms with Gasteiger partial charge in [0.05, 0.1) is 9.50 Å². The molecule has 6 heteroatoms. The summed E-state index contributed by atoms with van der Waals surface area (Å²) in [6.45, 7) is 1.64. The van der Waals surface area contributed by atoms with Crippen LogP contribution in [0.5, 0.6) is 11.5 Å². The van der Waals surface area contributed by atoms with Crippen molar-refractivity contribution in [2.45, 2.75) is 13.0 Å². The van der Waals surface area contributed by atoms with E-state index in [1.165, 1.54) is 18.2 Å². The van der Waals surface area contributed by atoms with Gasteiger partial charge in [0.25, 0.3) is 0 Å². The molecule has 20 heavy (non-hydrogen) atoms. The molecule has 0 spiro atoms. The van der Waals surface area contributed by atoms with Crippen LogP contribution < -0.4 is 10.5 Å². The molecule has 1 atom stereocenters. The number of hydrogen-bond acceptors (Lipinski definition) is 2. The van der Waals surface area contributed by atoms with Crippen LogP contribution in [-0.2, 0) is 0 Å². The van der Waals surface area contributed by atoms with Gasteiger partial charge in [0.15, 0.2) is 0 Å². The first kappa shape index (κ1) is 15.2. The molecule has 2 nitrogen and oxygen atoms in total. The summed E-state index contributed by atoms with van der Waals surface area (Å²) >= 11 is 8.87. The average molecular weight is 363 g/mol. The Morgan fingerprint density at radius 3 is 2.55 bits per heavy atom. The summed E-state index contributed by atoms with van der Waals surface area (Å²) in [5, 5.41) is -0.0316. The Labute approximate surface area is 128 Å². The fourth-order valence-corrected chi connectivity index (χ4v) is 2.47. The van der Waals surface area contributed by atoms with Crippen molar-refractivity contribution in [2.75, 3.05) is 0 Å². The maximum Gasteiger partial charge on any atom is 0.145 e. The Kier molecular flexibility index (Phi) is 4.62. The summed E-state index contributed by atoms with van der Waals surface area (Å²) < 4.78 is 33.3. The molecule has 0 fully saturated rings. The predicted molar refractivity (Wildman–Crippen MR) is 78.2 cm³/mol. The third-order valence-corrected chi connectivity index (χ3v) is 3.57. The SMILES string of the molecule is CC(N)c1c(F)cccc1Oc1cc(F)c(Cl)cc1Br. The van der Waals surface area contributed by atoms with Crippen LogP contribution in [-0.4, -0.2) is 0 Å². The second kappa shape index (κ2) is 6.08. The van der Waals surface area contributed by atoms with Gasteiger partial charge in [-0.05, 0) is 41.1 Å². The predicted octanol–water partition coefficient (Wildman–Crippen LogP) is 5.19.